The lowest BCUT2D eigenvalue weighted by atomic mass is 9.93. The normalized spacial score (nSPS) is 21.2. The zero-order valence-electron chi connectivity index (χ0n) is 20.6. The van der Waals surface area contributed by atoms with Gasteiger partial charge in [0.25, 0.3) is 5.91 Å². The number of hydrogen-bond donors (Lipinski definition) is 3. The number of fused-ring (bicyclic) bond motifs is 1. The number of halogens is 1. The van der Waals surface area contributed by atoms with Crippen LogP contribution in [0.4, 0.5) is 5.95 Å². The lowest BCUT2D eigenvalue weighted by molar-refractivity contribution is -0.122. The Balaban J connectivity index is 1.25. The zero-order chi connectivity index (χ0) is 25.1. The van der Waals surface area contributed by atoms with Gasteiger partial charge in [0.2, 0.25) is 11.9 Å². The molecule has 0 aliphatic carbocycles. The van der Waals surface area contributed by atoms with Gasteiger partial charge in [-0.25, -0.2) is 9.97 Å². The second-order valence-electron chi connectivity index (χ2n) is 9.92. The van der Waals surface area contributed by atoms with E-state index in [1.165, 1.54) is 0 Å². The fourth-order valence-corrected chi connectivity index (χ4v) is 5.40. The third-order valence-electron chi connectivity index (χ3n) is 7.33. The Labute approximate surface area is 216 Å². The Morgan fingerprint density at radius 1 is 1.31 bits per heavy atom. The van der Waals surface area contributed by atoms with Gasteiger partial charge >= 0.3 is 0 Å². The van der Waals surface area contributed by atoms with Crippen molar-refractivity contribution in [1.82, 2.24) is 25.5 Å². The van der Waals surface area contributed by atoms with Crippen LogP contribution in [0.3, 0.4) is 0 Å². The summed E-state index contributed by atoms with van der Waals surface area (Å²) < 4.78 is 5.42. The van der Waals surface area contributed by atoms with E-state index in [0.717, 1.165) is 63.1 Å². The van der Waals surface area contributed by atoms with E-state index < -0.39 is 0 Å². The maximum absolute atomic E-state index is 13.2. The number of aromatic nitrogens is 2. The van der Waals surface area contributed by atoms with Crippen LogP contribution in [0.25, 0.3) is 11.3 Å². The molecule has 9 nitrogen and oxygen atoms in total. The quantitative estimate of drug-likeness (QED) is 0.523. The minimum absolute atomic E-state index is 0.0424. The molecule has 2 saturated heterocycles. The Kier molecular flexibility index (Phi) is 7.69. The first-order chi connectivity index (χ1) is 17.5. The lowest BCUT2D eigenvalue weighted by Crippen LogP contribution is -2.47. The molecule has 1 aromatic carbocycles. The molecule has 2 atom stereocenters. The summed E-state index contributed by atoms with van der Waals surface area (Å²) in [6.07, 6.45) is 5.60. The van der Waals surface area contributed by atoms with E-state index in [2.05, 4.69) is 25.9 Å². The first-order valence-corrected chi connectivity index (χ1v) is 13.1. The zero-order valence-corrected chi connectivity index (χ0v) is 21.3. The van der Waals surface area contributed by atoms with E-state index in [0.29, 0.717) is 34.7 Å². The van der Waals surface area contributed by atoms with Gasteiger partial charge in [0.1, 0.15) is 6.54 Å². The van der Waals surface area contributed by atoms with Crippen LogP contribution >= 0.6 is 11.6 Å². The number of hydrogen-bond acceptors (Lipinski definition) is 7. The van der Waals surface area contributed by atoms with Gasteiger partial charge in [0.15, 0.2) is 0 Å². The Morgan fingerprint density at radius 3 is 2.92 bits per heavy atom. The predicted octanol–water partition coefficient (Wildman–Crippen LogP) is 2.85. The van der Waals surface area contributed by atoms with Crippen molar-refractivity contribution in [3.63, 3.8) is 0 Å². The number of piperidine rings is 1. The number of anilines is 1. The number of rotatable bonds is 7. The highest BCUT2D eigenvalue weighted by atomic mass is 35.5. The molecule has 0 radical (unpaired) electrons. The van der Waals surface area contributed by atoms with Crippen molar-refractivity contribution < 1.29 is 14.3 Å². The fourth-order valence-electron chi connectivity index (χ4n) is 5.20. The number of nitrogens with one attached hydrogen (secondary N) is 3. The van der Waals surface area contributed by atoms with Crippen LogP contribution in [-0.4, -0.2) is 71.6 Å². The van der Waals surface area contributed by atoms with Crippen LogP contribution in [0.5, 0.6) is 0 Å². The van der Waals surface area contributed by atoms with E-state index >= 15 is 0 Å². The van der Waals surface area contributed by atoms with Crippen LogP contribution in [0, 0.1) is 5.92 Å². The summed E-state index contributed by atoms with van der Waals surface area (Å²) in [7, 11) is 0. The third-order valence-corrected chi connectivity index (χ3v) is 7.60. The number of ether oxygens (including phenoxy) is 1. The molecule has 5 rings (SSSR count). The summed E-state index contributed by atoms with van der Waals surface area (Å²) in [5.41, 5.74) is 2.79. The molecule has 0 spiro atoms. The van der Waals surface area contributed by atoms with Crippen molar-refractivity contribution in [2.45, 2.75) is 51.2 Å². The molecule has 3 aliphatic rings. The van der Waals surface area contributed by atoms with E-state index in [9.17, 15) is 9.59 Å². The lowest BCUT2D eigenvalue weighted by Gasteiger charge is -2.29. The molecular weight excluding hydrogens is 480 g/mol. The number of amides is 2. The van der Waals surface area contributed by atoms with E-state index in [1.807, 2.05) is 25.1 Å². The van der Waals surface area contributed by atoms with Crippen LogP contribution in [0.2, 0.25) is 5.02 Å². The topological polar surface area (TPSA) is 108 Å². The number of benzene rings is 1. The summed E-state index contributed by atoms with van der Waals surface area (Å²) in [5.74, 6) is 0.644. The van der Waals surface area contributed by atoms with Crippen molar-refractivity contribution in [2.75, 3.05) is 38.2 Å². The first kappa shape index (κ1) is 24.9. The van der Waals surface area contributed by atoms with Crippen LogP contribution in [0.1, 0.15) is 48.5 Å². The molecule has 36 heavy (non-hydrogen) atoms. The highest BCUT2D eigenvalue weighted by molar-refractivity contribution is 6.33. The monoisotopic (exact) mass is 512 g/mol. The van der Waals surface area contributed by atoms with Gasteiger partial charge < -0.3 is 25.6 Å². The minimum atomic E-state index is -0.153. The van der Waals surface area contributed by atoms with Gasteiger partial charge in [0, 0.05) is 43.0 Å². The standard InChI is InChI=1S/C26H33ClN6O3/c1-16(18-3-2-8-28-12-18)30-23(34)15-33-14-19-5-4-17(11-21(19)25(33)35)24-22(27)13-29-26(32-24)31-20-6-9-36-10-7-20/h4-5,11,13,16,18,20,28H,2-3,6-10,12,14-15H2,1H3,(H,30,34)(H,29,31,32)/t16-,18-/m1/s1. The third kappa shape index (κ3) is 5.63. The van der Waals surface area contributed by atoms with E-state index in [-0.39, 0.29) is 30.4 Å². The van der Waals surface area contributed by atoms with Gasteiger partial charge in [-0.15, -0.1) is 0 Å². The molecule has 4 heterocycles. The maximum atomic E-state index is 13.2. The first-order valence-electron chi connectivity index (χ1n) is 12.8. The van der Waals surface area contributed by atoms with Crippen molar-refractivity contribution >= 4 is 29.4 Å². The molecule has 2 amide bonds. The molecule has 3 N–H and O–H groups in total. The second-order valence-corrected chi connectivity index (χ2v) is 10.3. The van der Waals surface area contributed by atoms with Crippen molar-refractivity contribution in [1.29, 1.82) is 0 Å². The summed E-state index contributed by atoms with van der Waals surface area (Å²) >= 11 is 6.45. The maximum Gasteiger partial charge on any atom is 0.254 e. The Bertz CT molecular complexity index is 1120. The predicted molar refractivity (Wildman–Crippen MR) is 138 cm³/mol. The van der Waals surface area contributed by atoms with E-state index in [1.54, 1.807) is 11.1 Å². The highest BCUT2D eigenvalue weighted by Crippen LogP contribution is 2.31. The molecule has 0 bridgehead atoms. The largest absolute Gasteiger partial charge is 0.381 e. The molecule has 192 valence electrons. The number of carbonyl (C=O) groups is 2. The van der Waals surface area contributed by atoms with Crippen LogP contribution in [0.15, 0.2) is 24.4 Å². The Morgan fingerprint density at radius 2 is 2.14 bits per heavy atom. The van der Waals surface area contributed by atoms with Gasteiger partial charge in [0.05, 0.1) is 16.9 Å². The smallest absolute Gasteiger partial charge is 0.254 e. The summed E-state index contributed by atoms with van der Waals surface area (Å²) in [5, 5.41) is 10.2. The summed E-state index contributed by atoms with van der Waals surface area (Å²) in [6.45, 7) is 5.88. The molecular formula is C26H33ClN6O3. The van der Waals surface area contributed by atoms with Crippen molar-refractivity contribution in [2.24, 2.45) is 5.92 Å². The Hall–Kier alpha value is -2.75. The van der Waals surface area contributed by atoms with Gasteiger partial charge in [-0.1, -0.05) is 23.7 Å². The summed E-state index contributed by atoms with van der Waals surface area (Å²) in [4.78, 5) is 36.4. The molecule has 10 heteroatoms. The van der Waals surface area contributed by atoms with Crippen LogP contribution in [-0.2, 0) is 16.1 Å². The van der Waals surface area contributed by atoms with E-state index in [4.69, 9.17) is 16.3 Å². The van der Waals surface area contributed by atoms with Crippen molar-refractivity contribution in [3.05, 3.63) is 40.5 Å². The van der Waals surface area contributed by atoms with Gasteiger partial charge in [-0.2, -0.15) is 0 Å². The molecule has 2 aromatic rings. The van der Waals surface area contributed by atoms with Gasteiger partial charge in [-0.05, 0) is 63.2 Å². The SMILES string of the molecule is C[C@@H](NC(=O)CN1Cc2ccc(-c3nc(NC4CCOCC4)ncc3Cl)cc2C1=O)[C@@H]1CCCNC1. The van der Waals surface area contributed by atoms with Gasteiger partial charge in [-0.3, -0.25) is 9.59 Å². The minimum Gasteiger partial charge on any atom is -0.381 e. The average Bonchev–Trinajstić information content (AvgIpc) is 3.20. The highest BCUT2D eigenvalue weighted by Gasteiger charge is 2.30. The average molecular weight is 513 g/mol. The fraction of sp³-hybridized carbons (Fsp3) is 0.538. The number of carbonyl (C=O) groups excluding carboxylic acids is 2. The summed E-state index contributed by atoms with van der Waals surface area (Å²) in [6, 6.07) is 5.98. The van der Waals surface area contributed by atoms with Crippen molar-refractivity contribution in [3.8, 4) is 11.3 Å². The molecule has 2 fully saturated rings. The van der Waals surface area contributed by atoms with Crippen LogP contribution < -0.4 is 16.0 Å². The second kappa shape index (κ2) is 11.1. The molecule has 3 aliphatic heterocycles. The number of nitrogens with zero attached hydrogens (tertiary/aromatic N) is 3. The molecule has 0 saturated carbocycles. The molecule has 0 unspecified atom stereocenters. The molecule has 1 aromatic heterocycles.